The van der Waals surface area contributed by atoms with E-state index in [4.69, 9.17) is 39.5 Å². The van der Waals surface area contributed by atoms with Crippen LogP contribution in [0.1, 0.15) is 23.7 Å². The number of nitrogens with zero attached hydrogens (tertiary/aromatic N) is 3. The summed E-state index contributed by atoms with van der Waals surface area (Å²) in [5.41, 5.74) is 0.771. The van der Waals surface area contributed by atoms with Crippen molar-refractivity contribution in [1.29, 1.82) is 0 Å². The van der Waals surface area contributed by atoms with Crippen LogP contribution < -0.4 is 9.64 Å². The third-order valence-electron chi connectivity index (χ3n) is 4.17. The first kappa shape index (κ1) is 23.3. The van der Waals surface area contributed by atoms with Crippen LogP contribution in [0.5, 0.6) is 5.06 Å². The lowest BCUT2D eigenvalue weighted by Gasteiger charge is -2.21. The minimum Gasteiger partial charge on any atom is -0.397 e. The molecule has 0 spiro atoms. The fourth-order valence-corrected chi connectivity index (χ4v) is 4.08. The highest BCUT2D eigenvalue weighted by molar-refractivity contribution is 7.17. The third-order valence-corrected chi connectivity index (χ3v) is 5.83. The minimum atomic E-state index is -0.498. The number of thiazole rings is 1. The van der Waals surface area contributed by atoms with Crippen LogP contribution in [0.15, 0.2) is 48.7 Å². The highest BCUT2D eigenvalue weighted by Crippen LogP contribution is 2.36. The van der Waals surface area contributed by atoms with Crippen molar-refractivity contribution in [2.45, 2.75) is 13.3 Å². The maximum atomic E-state index is 13.4. The molecule has 0 aliphatic carbocycles. The van der Waals surface area contributed by atoms with Gasteiger partial charge in [0.15, 0.2) is 0 Å². The van der Waals surface area contributed by atoms with Gasteiger partial charge in [0.25, 0.3) is 5.91 Å². The first-order valence-corrected chi connectivity index (χ1v) is 11.2. The summed E-state index contributed by atoms with van der Waals surface area (Å²) in [6, 6.07) is 11.3. The van der Waals surface area contributed by atoms with Gasteiger partial charge < -0.3 is 9.64 Å². The van der Waals surface area contributed by atoms with Gasteiger partial charge in [0.1, 0.15) is 0 Å². The lowest BCUT2D eigenvalue weighted by Crippen LogP contribution is -2.30. The topological polar surface area (TPSA) is 62.7 Å². The number of aromatic nitrogens is 1. The van der Waals surface area contributed by atoms with Gasteiger partial charge in [0.2, 0.25) is 10.2 Å². The zero-order valence-electron chi connectivity index (χ0n) is 16.6. The Bertz CT molecular complexity index is 1090. The van der Waals surface area contributed by atoms with E-state index in [1.54, 1.807) is 43.4 Å². The van der Waals surface area contributed by atoms with E-state index in [0.717, 1.165) is 17.8 Å². The van der Waals surface area contributed by atoms with E-state index in [2.05, 4.69) is 4.98 Å². The smallest absolute Gasteiger partial charge is 0.397 e. The SMILES string of the molecule is CCCN(C)C(=O)Oc1cnc(N(C(=O)c2ccc(Cl)cc2Cl)c2ccc(Cl)cc2)s1. The molecule has 2 aromatic carbocycles. The van der Waals surface area contributed by atoms with Crippen LogP contribution in [-0.4, -0.2) is 35.5 Å². The molecule has 10 heteroatoms. The van der Waals surface area contributed by atoms with E-state index in [1.807, 2.05) is 6.92 Å². The van der Waals surface area contributed by atoms with Gasteiger partial charge in [-0.15, -0.1) is 0 Å². The Morgan fingerprint density at radius 3 is 2.39 bits per heavy atom. The highest BCUT2D eigenvalue weighted by Gasteiger charge is 2.26. The van der Waals surface area contributed by atoms with Gasteiger partial charge in [0.05, 0.1) is 22.5 Å². The summed E-state index contributed by atoms with van der Waals surface area (Å²) < 4.78 is 5.38. The standard InChI is InChI=1S/C21H18Cl3N3O3S/c1-3-10-26(2)21(29)30-18-12-25-20(31-18)27(15-7-4-13(22)5-8-15)19(28)16-9-6-14(23)11-17(16)24/h4-9,11-12H,3,10H2,1-2H3. The molecule has 0 aliphatic heterocycles. The van der Waals surface area contributed by atoms with Crippen molar-refractivity contribution in [3.8, 4) is 5.06 Å². The first-order valence-electron chi connectivity index (χ1n) is 9.24. The molecule has 0 aliphatic rings. The molecule has 1 aromatic heterocycles. The predicted octanol–water partition coefficient (Wildman–Crippen LogP) is 6.92. The molecule has 31 heavy (non-hydrogen) atoms. The minimum absolute atomic E-state index is 0.209. The molecule has 6 nitrogen and oxygen atoms in total. The maximum absolute atomic E-state index is 13.4. The van der Waals surface area contributed by atoms with E-state index in [-0.39, 0.29) is 15.6 Å². The molecule has 0 fully saturated rings. The molecule has 3 rings (SSSR count). The van der Waals surface area contributed by atoms with Crippen LogP contribution in [0.2, 0.25) is 15.1 Å². The maximum Gasteiger partial charge on any atom is 0.415 e. The Kier molecular flexibility index (Phi) is 7.78. The molecule has 0 bridgehead atoms. The summed E-state index contributed by atoms with van der Waals surface area (Å²) in [5, 5.41) is 1.71. The van der Waals surface area contributed by atoms with E-state index in [0.29, 0.717) is 27.4 Å². The lowest BCUT2D eigenvalue weighted by molar-refractivity contribution is 0.0999. The van der Waals surface area contributed by atoms with Gasteiger partial charge in [-0.3, -0.25) is 9.69 Å². The Morgan fingerprint density at radius 1 is 1.06 bits per heavy atom. The molecule has 0 unspecified atom stereocenters. The Labute approximate surface area is 198 Å². The molecular formula is C21H18Cl3N3O3S. The van der Waals surface area contributed by atoms with Gasteiger partial charge >= 0.3 is 6.09 Å². The van der Waals surface area contributed by atoms with Gasteiger partial charge in [-0.05, 0) is 48.9 Å². The number of ether oxygens (including phenoxy) is 1. The number of rotatable bonds is 6. The van der Waals surface area contributed by atoms with Gasteiger partial charge in [-0.1, -0.05) is 53.1 Å². The summed E-state index contributed by atoms with van der Waals surface area (Å²) in [5.74, 6) is -0.417. The fourth-order valence-electron chi connectivity index (χ4n) is 2.68. The molecule has 2 amide bonds. The molecule has 3 aromatic rings. The normalized spacial score (nSPS) is 10.6. The van der Waals surface area contributed by atoms with Crippen molar-refractivity contribution >= 4 is 69.0 Å². The highest BCUT2D eigenvalue weighted by atomic mass is 35.5. The summed E-state index contributed by atoms with van der Waals surface area (Å²) in [7, 11) is 1.65. The Morgan fingerprint density at radius 2 is 1.74 bits per heavy atom. The number of amides is 2. The van der Waals surface area contributed by atoms with E-state index in [9.17, 15) is 9.59 Å². The summed E-state index contributed by atoms with van der Waals surface area (Å²) >= 11 is 19.3. The zero-order chi connectivity index (χ0) is 22.5. The van der Waals surface area contributed by atoms with Crippen LogP contribution in [0.25, 0.3) is 0 Å². The average molecular weight is 499 g/mol. The third kappa shape index (κ3) is 5.68. The molecule has 0 saturated carbocycles. The van der Waals surface area contributed by atoms with Gasteiger partial charge in [-0.2, -0.15) is 0 Å². The predicted molar refractivity (Wildman–Crippen MR) is 125 cm³/mol. The number of benzene rings is 2. The van der Waals surface area contributed by atoms with Gasteiger partial charge in [0, 0.05) is 23.6 Å². The average Bonchev–Trinajstić information content (AvgIpc) is 3.17. The fraction of sp³-hybridized carbons (Fsp3) is 0.190. The van der Waals surface area contributed by atoms with E-state index >= 15 is 0 Å². The van der Waals surface area contributed by atoms with Crippen molar-refractivity contribution in [2.75, 3.05) is 18.5 Å². The van der Waals surface area contributed by atoms with Crippen LogP contribution in [0.3, 0.4) is 0 Å². The number of carbonyl (C=O) groups excluding carboxylic acids is 2. The van der Waals surface area contributed by atoms with Crippen molar-refractivity contribution in [3.63, 3.8) is 0 Å². The largest absolute Gasteiger partial charge is 0.415 e. The van der Waals surface area contributed by atoms with Crippen LogP contribution in [0, 0.1) is 0 Å². The quantitative estimate of drug-likeness (QED) is 0.370. The number of halogens is 3. The molecule has 0 saturated heterocycles. The van der Waals surface area contributed by atoms with Crippen LogP contribution in [-0.2, 0) is 0 Å². The van der Waals surface area contributed by atoms with Gasteiger partial charge in [-0.25, -0.2) is 9.78 Å². The zero-order valence-corrected chi connectivity index (χ0v) is 19.7. The summed E-state index contributed by atoms with van der Waals surface area (Å²) in [4.78, 5) is 32.7. The number of anilines is 2. The number of carbonyl (C=O) groups is 2. The first-order chi connectivity index (χ1) is 14.8. The van der Waals surface area contributed by atoms with Crippen molar-refractivity contribution in [1.82, 2.24) is 9.88 Å². The van der Waals surface area contributed by atoms with Crippen LogP contribution in [0.4, 0.5) is 15.6 Å². The second kappa shape index (κ2) is 10.3. The van der Waals surface area contributed by atoms with E-state index < -0.39 is 12.0 Å². The van der Waals surface area contributed by atoms with Crippen molar-refractivity contribution in [3.05, 3.63) is 69.3 Å². The molecule has 1 heterocycles. The molecule has 0 radical (unpaired) electrons. The molecule has 0 atom stereocenters. The van der Waals surface area contributed by atoms with Crippen LogP contribution >= 0.6 is 46.1 Å². The number of hydrogen-bond donors (Lipinski definition) is 0. The molecule has 162 valence electrons. The molecular weight excluding hydrogens is 481 g/mol. The second-order valence-corrected chi connectivity index (χ2v) is 8.74. The van der Waals surface area contributed by atoms with Crippen molar-refractivity contribution in [2.24, 2.45) is 0 Å². The second-order valence-electron chi connectivity index (χ2n) is 6.49. The van der Waals surface area contributed by atoms with Crippen molar-refractivity contribution < 1.29 is 14.3 Å². The number of hydrogen-bond acceptors (Lipinski definition) is 5. The monoisotopic (exact) mass is 497 g/mol. The Balaban J connectivity index is 1.96. The van der Waals surface area contributed by atoms with E-state index in [1.165, 1.54) is 22.1 Å². The Hall–Kier alpha value is -2.32. The lowest BCUT2D eigenvalue weighted by atomic mass is 10.2. The summed E-state index contributed by atoms with van der Waals surface area (Å²) in [6.45, 7) is 2.53. The summed E-state index contributed by atoms with van der Waals surface area (Å²) in [6.07, 6.45) is 1.71. The molecule has 0 N–H and O–H groups in total.